The van der Waals surface area contributed by atoms with Crippen molar-refractivity contribution in [3.8, 4) is 5.75 Å². The number of methoxy groups -OCH3 is 1. The molecule has 0 radical (unpaired) electrons. The number of nitrogens with one attached hydrogen (secondary N) is 2. The molecular formula is C19H19N3O4. The Hall–Kier alpha value is -3.35. The lowest BCUT2D eigenvalue weighted by molar-refractivity contribution is -0.115. The van der Waals surface area contributed by atoms with E-state index < -0.39 is 6.09 Å². The number of ether oxygens (including phenoxy) is 2. The summed E-state index contributed by atoms with van der Waals surface area (Å²) in [7, 11) is 1.61. The summed E-state index contributed by atoms with van der Waals surface area (Å²) in [4.78, 5) is 23.2. The molecule has 1 heterocycles. The fourth-order valence-corrected chi connectivity index (χ4v) is 2.58. The lowest BCUT2D eigenvalue weighted by atomic mass is 10.0. The Bertz CT molecular complexity index is 860. The van der Waals surface area contributed by atoms with E-state index >= 15 is 0 Å². The SMILES string of the molecule is COc1ccc(CC(=O)Nc2ccc(C3=NNC(=O)OC3)cc2)c(C)c1. The summed E-state index contributed by atoms with van der Waals surface area (Å²) in [6, 6.07) is 12.8. The van der Waals surface area contributed by atoms with E-state index in [1.54, 1.807) is 19.2 Å². The van der Waals surface area contributed by atoms with Crippen molar-refractivity contribution >= 4 is 23.4 Å². The van der Waals surface area contributed by atoms with Gasteiger partial charge in [0.15, 0.2) is 0 Å². The first-order chi connectivity index (χ1) is 12.5. The third kappa shape index (κ3) is 4.18. The summed E-state index contributed by atoms with van der Waals surface area (Å²) in [5, 5.41) is 6.82. The van der Waals surface area contributed by atoms with Crippen molar-refractivity contribution in [3.05, 3.63) is 59.2 Å². The summed E-state index contributed by atoms with van der Waals surface area (Å²) < 4.78 is 10.0. The standard InChI is InChI=1S/C19H19N3O4/c1-12-9-16(25-2)8-5-14(12)10-18(23)20-15-6-3-13(4-7-15)17-11-26-19(24)22-21-17/h3-9H,10-11H2,1-2H3,(H,20,23)(H,22,24). The van der Waals surface area contributed by atoms with E-state index in [1.165, 1.54) is 0 Å². The molecule has 7 heteroatoms. The largest absolute Gasteiger partial charge is 0.497 e. The van der Waals surface area contributed by atoms with Crippen molar-refractivity contribution < 1.29 is 19.1 Å². The minimum absolute atomic E-state index is 0.100. The fraction of sp³-hybridized carbons (Fsp3) is 0.211. The second-order valence-electron chi connectivity index (χ2n) is 5.84. The number of hydrazone groups is 1. The lowest BCUT2D eigenvalue weighted by Gasteiger charge is -2.13. The molecular weight excluding hydrogens is 334 g/mol. The number of hydrogen-bond acceptors (Lipinski definition) is 5. The number of cyclic esters (lactones) is 1. The molecule has 7 nitrogen and oxygen atoms in total. The second-order valence-corrected chi connectivity index (χ2v) is 5.84. The first-order valence-corrected chi connectivity index (χ1v) is 8.08. The zero-order chi connectivity index (χ0) is 18.5. The van der Waals surface area contributed by atoms with Crippen LogP contribution in [0.3, 0.4) is 0 Å². The maximum Gasteiger partial charge on any atom is 0.428 e. The van der Waals surface area contributed by atoms with Gasteiger partial charge >= 0.3 is 6.09 Å². The summed E-state index contributed by atoms with van der Waals surface area (Å²) in [5.74, 6) is 0.671. The number of anilines is 1. The van der Waals surface area contributed by atoms with E-state index in [0.717, 1.165) is 22.4 Å². The van der Waals surface area contributed by atoms with Gasteiger partial charge in [0.05, 0.1) is 13.5 Å². The molecule has 2 amide bonds. The summed E-state index contributed by atoms with van der Waals surface area (Å²) in [6.45, 7) is 2.07. The molecule has 0 aromatic heterocycles. The van der Waals surface area contributed by atoms with Crippen LogP contribution >= 0.6 is 0 Å². The first-order valence-electron chi connectivity index (χ1n) is 8.08. The number of rotatable bonds is 5. The van der Waals surface area contributed by atoms with E-state index in [4.69, 9.17) is 9.47 Å². The van der Waals surface area contributed by atoms with Gasteiger partial charge in [0.1, 0.15) is 18.1 Å². The van der Waals surface area contributed by atoms with Crippen LogP contribution in [0.5, 0.6) is 5.75 Å². The van der Waals surface area contributed by atoms with Gasteiger partial charge in [-0.3, -0.25) is 4.79 Å². The Morgan fingerprint density at radius 3 is 2.65 bits per heavy atom. The highest BCUT2D eigenvalue weighted by Crippen LogP contribution is 2.18. The van der Waals surface area contributed by atoms with Crippen molar-refractivity contribution in [2.45, 2.75) is 13.3 Å². The van der Waals surface area contributed by atoms with Crippen LogP contribution in [0.1, 0.15) is 16.7 Å². The van der Waals surface area contributed by atoms with Crippen molar-refractivity contribution in [2.75, 3.05) is 19.0 Å². The molecule has 0 saturated carbocycles. The van der Waals surface area contributed by atoms with Crippen molar-refractivity contribution in [1.82, 2.24) is 5.43 Å². The zero-order valence-corrected chi connectivity index (χ0v) is 14.5. The van der Waals surface area contributed by atoms with E-state index in [9.17, 15) is 9.59 Å². The highest BCUT2D eigenvalue weighted by Gasteiger charge is 2.14. The van der Waals surface area contributed by atoms with E-state index in [0.29, 0.717) is 11.4 Å². The van der Waals surface area contributed by atoms with Crippen LogP contribution in [0.2, 0.25) is 0 Å². The molecule has 26 heavy (non-hydrogen) atoms. The van der Waals surface area contributed by atoms with E-state index in [2.05, 4.69) is 15.8 Å². The molecule has 3 rings (SSSR count). The van der Waals surface area contributed by atoms with Crippen molar-refractivity contribution in [1.29, 1.82) is 0 Å². The molecule has 134 valence electrons. The maximum atomic E-state index is 12.3. The Kier molecular flexibility index (Phi) is 5.17. The number of nitrogens with zero attached hydrogens (tertiary/aromatic N) is 1. The normalized spacial score (nSPS) is 13.3. The molecule has 2 aromatic carbocycles. The summed E-state index contributed by atoms with van der Waals surface area (Å²) in [5.41, 5.74) is 6.34. The van der Waals surface area contributed by atoms with Crippen molar-refractivity contribution in [2.24, 2.45) is 5.10 Å². The number of aryl methyl sites for hydroxylation is 1. The third-order valence-corrected chi connectivity index (χ3v) is 4.02. The average Bonchev–Trinajstić information content (AvgIpc) is 2.65. The topological polar surface area (TPSA) is 89.0 Å². The third-order valence-electron chi connectivity index (χ3n) is 4.02. The molecule has 0 atom stereocenters. The molecule has 2 N–H and O–H groups in total. The number of hydrogen-bond donors (Lipinski definition) is 2. The van der Waals surface area contributed by atoms with Crippen LogP contribution in [0.15, 0.2) is 47.6 Å². The van der Waals surface area contributed by atoms with Crippen LogP contribution < -0.4 is 15.5 Å². The van der Waals surface area contributed by atoms with E-state index in [1.807, 2.05) is 37.3 Å². The molecule has 0 spiro atoms. The molecule has 0 aliphatic carbocycles. The smallest absolute Gasteiger partial charge is 0.428 e. The first kappa shape index (κ1) is 17.5. The fourth-order valence-electron chi connectivity index (χ4n) is 2.58. The van der Waals surface area contributed by atoms with Crippen LogP contribution in [0, 0.1) is 6.92 Å². The van der Waals surface area contributed by atoms with Gasteiger partial charge in [-0.2, -0.15) is 5.10 Å². The lowest BCUT2D eigenvalue weighted by Crippen LogP contribution is -2.30. The van der Waals surface area contributed by atoms with Crippen LogP contribution in [0.25, 0.3) is 0 Å². The van der Waals surface area contributed by atoms with Gasteiger partial charge in [-0.1, -0.05) is 18.2 Å². The van der Waals surface area contributed by atoms with Crippen LogP contribution in [-0.2, 0) is 16.0 Å². The number of carbonyl (C=O) groups excluding carboxylic acids is 2. The second kappa shape index (κ2) is 7.69. The number of amides is 2. The molecule has 1 aliphatic rings. The van der Waals surface area contributed by atoms with Gasteiger partial charge in [-0.25, -0.2) is 10.2 Å². The van der Waals surface area contributed by atoms with Gasteiger partial charge in [0.25, 0.3) is 0 Å². The van der Waals surface area contributed by atoms with E-state index in [-0.39, 0.29) is 18.9 Å². The number of benzene rings is 2. The van der Waals surface area contributed by atoms with Crippen LogP contribution in [-0.4, -0.2) is 31.4 Å². The Morgan fingerprint density at radius 1 is 1.27 bits per heavy atom. The Balaban J connectivity index is 1.62. The maximum absolute atomic E-state index is 12.3. The Morgan fingerprint density at radius 2 is 2.04 bits per heavy atom. The minimum atomic E-state index is -0.563. The quantitative estimate of drug-likeness (QED) is 0.865. The van der Waals surface area contributed by atoms with Gasteiger partial charge < -0.3 is 14.8 Å². The Labute approximate surface area is 151 Å². The van der Waals surface area contributed by atoms with Gasteiger partial charge in [0.2, 0.25) is 5.91 Å². The minimum Gasteiger partial charge on any atom is -0.497 e. The predicted molar refractivity (Wildman–Crippen MR) is 97.5 cm³/mol. The average molecular weight is 353 g/mol. The molecule has 0 saturated heterocycles. The highest BCUT2D eigenvalue weighted by molar-refractivity contribution is 6.04. The number of carbonyl (C=O) groups is 2. The highest BCUT2D eigenvalue weighted by atomic mass is 16.6. The van der Waals surface area contributed by atoms with Gasteiger partial charge in [-0.15, -0.1) is 0 Å². The van der Waals surface area contributed by atoms with Gasteiger partial charge in [0, 0.05) is 11.3 Å². The zero-order valence-electron chi connectivity index (χ0n) is 14.5. The summed E-state index contributed by atoms with van der Waals surface area (Å²) >= 11 is 0. The molecule has 2 aromatic rings. The van der Waals surface area contributed by atoms with Crippen molar-refractivity contribution in [3.63, 3.8) is 0 Å². The van der Waals surface area contributed by atoms with Gasteiger partial charge in [-0.05, 0) is 42.3 Å². The predicted octanol–water partition coefficient (Wildman–Crippen LogP) is 2.63. The molecule has 0 unspecified atom stereocenters. The summed E-state index contributed by atoms with van der Waals surface area (Å²) in [6.07, 6.45) is -0.282. The molecule has 1 aliphatic heterocycles. The molecule has 0 bridgehead atoms. The molecule has 0 fully saturated rings. The van der Waals surface area contributed by atoms with Crippen LogP contribution in [0.4, 0.5) is 10.5 Å². The monoisotopic (exact) mass is 353 g/mol.